The first kappa shape index (κ1) is 24.6. The van der Waals surface area contributed by atoms with Crippen LogP contribution in [-0.2, 0) is 14.3 Å². The van der Waals surface area contributed by atoms with Gasteiger partial charge in [0.2, 0.25) is 0 Å². The fourth-order valence-corrected chi connectivity index (χ4v) is 3.91. The van der Waals surface area contributed by atoms with Crippen LogP contribution in [0, 0.1) is 0 Å². The number of phenolic OH excluding ortho intramolecular Hbond substituents is 2. The van der Waals surface area contributed by atoms with Crippen molar-refractivity contribution < 1.29 is 29.3 Å². The lowest BCUT2D eigenvalue weighted by Gasteiger charge is -2.27. The average molecular weight is 456 g/mol. The van der Waals surface area contributed by atoms with Crippen molar-refractivity contribution in [2.45, 2.75) is 57.7 Å². The van der Waals surface area contributed by atoms with E-state index in [-0.39, 0.29) is 29.8 Å². The number of cyclic esters (lactones) is 1. The molecule has 0 aliphatic carbocycles. The summed E-state index contributed by atoms with van der Waals surface area (Å²) in [6.45, 7) is 6.28. The molecule has 2 heterocycles. The van der Waals surface area contributed by atoms with Crippen molar-refractivity contribution >= 4 is 12.0 Å². The Bertz CT molecular complexity index is 927. The highest BCUT2D eigenvalue weighted by molar-refractivity contribution is 5.98. The summed E-state index contributed by atoms with van der Waals surface area (Å²) in [5, 5.41) is 21.5. The molecule has 0 aromatic heterocycles. The highest BCUT2D eigenvalue weighted by Gasteiger charge is 2.29. The maximum atomic E-state index is 13.2. The molecular formula is C26H33NO6. The van der Waals surface area contributed by atoms with Gasteiger partial charge in [0, 0.05) is 30.2 Å². The fourth-order valence-electron chi connectivity index (χ4n) is 3.91. The Kier molecular flexibility index (Phi) is 9.15. The van der Waals surface area contributed by atoms with Crippen molar-refractivity contribution in [2.75, 3.05) is 13.2 Å². The SMILES string of the molecule is C=CCON/C1=C\c2c(c(O)cc(O)c2C2CCCCO2)C(=O)OC(C)CC=CCCC=C1. The van der Waals surface area contributed by atoms with Gasteiger partial charge in [-0.25, -0.2) is 4.79 Å². The predicted octanol–water partition coefficient (Wildman–Crippen LogP) is 5.23. The molecule has 1 aromatic rings. The molecular weight excluding hydrogens is 422 g/mol. The summed E-state index contributed by atoms with van der Waals surface area (Å²) < 4.78 is 11.6. The van der Waals surface area contributed by atoms with E-state index in [2.05, 4.69) is 12.1 Å². The van der Waals surface area contributed by atoms with Gasteiger partial charge >= 0.3 is 5.97 Å². The number of hydroxylamine groups is 1. The first-order chi connectivity index (χ1) is 16.0. The third-order valence-corrected chi connectivity index (χ3v) is 5.50. The zero-order chi connectivity index (χ0) is 23.6. The predicted molar refractivity (Wildman–Crippen MR) is 127 cm³/mol. The van der Waals surface area contributed by atoms with Gasteiger partial charge in [-0.15, -0.1) is 6.58 Å². The minimum absolute atomic E-state index is 0.0127. The summed E-state index contributed by atoms with van der Waals surface area (Å²) in [5.74, 6) is -1.15. The molecule has 178 valence electrons. The maximum Gasteiger partial charge on any atom is 0.342 e. The second-order valence-electron chi connectivity index (χ2n) is 8.18. The van der Waals surface area contributed by atoms with E-state index in [9.17, 15) is 15.0 Å². The summed E-state index contributed by atoms with van der Waals surface area (Å²) in [6.07, 6.45) is 15.2. The molecule has 0 radical (unpaired) electrons. The highest BCUT2D eigenvalue weighted by atomic mass is 16.6. The largest absolute Gasteiger partial charge is 0.507 e. The van der Waals surface area contributed by atoms with Crippen LogP contribution in [0.1, 0.15) is 73.0 Å². The minimum atomic E-state index is -0.663. The van der Waals surface area contributed by atoms with E-state index >= 15 is 0 Å². The number of fused-ring (bicyclic) bond motifs is 1. The fraction of sp³-hybridized carbons (Fsp3) is 0.423. The molecule has 1 saturated heterocycles. The summed E-state index contributed by atoms with van der Waals surface area (Å²) in [4.78, 5) is 18.6. The van der Waals surface area contributed by atoms with Crippen LogP contribution in [0.15, 0.2) is 48.7 Å². The Morgan fingerprint density at radius 1 is 1.21 bits per heavy atom. The molecule has 2 aliphatic rings. The van der Waals surface area contributed by atoms with Gasteiger partial charge in [-0.05, 0) is 51.2 Å². The van der Waals surface area contributed by atoms with Gasteiger partial charge in [-0.2, -0.15) is 0 Å². The quantitative estimate of drug-likeness (QED) is 0.242. The topological polar surface area (TPSA) is 97.3 Å². The Morgan fingerprint density at radius 3 is 2.79 bits per heavy atom. The number of nitrogens with one attached hydrogen (secondary N) is 1. The van der Waals surface area contributed by atoms with E-state index in [4.69, 9.17) is 14.3 Å². The Hall–Kier alpha value is -3.03. The van der Waals surface area contributed by atoms with E-state index in [1.165, 1.54) is 6.07 Å². The van der Waals surface area contributed by atoms with Crippen LogP contribution < -0.4 is 5.48 Å². The highest BCUT2D eigenvalue weighted by Crippen LogP contribution is 2.42. The van der Waals surface area contributed by atoms with Crippen LogP contribution in [0.5, 0.6) is 11.5 Å². The molecule has 0 amide bonds. The number of carbonyl (C=O) groups excluding carboxylic acids is 1. The van der Waals surface area contributed by atoms with Gasteiger partial charge in [-0.1, -0.05) is 24.3 Å². The number of esters is 1. The molecule has 0 bridgehead atoms. The number of allylic oxidation sites excluding steroid dienone is 3. The van der Waals surface area contributed by atoms with Crippen molar-refractivity contribution in [3.8, 4) is 11.5 Å². The summed E-state index contributed by atoms with van der Waals surface area (Å²) >= 11 is 0. The second kappa shape index (κ2) is 12.3. The molecule has 2 aliphatic heterocycles. The third kappa shape index (κ3) is 6.73. The molecule has 3 rings (SSSR count). The van der Waals surface area contributed by atoms with Gasteiger partial charge in [0.1, 0.15) is 23.2 Å². The molecule has 2 unspecified atom stereocenters. The molecule has 1 fully saturated rings. The van der Waals surface area contributed by atoms with Crippen LogP contribution in [0.4, 0.5) is 0 Å². The van der Waals surface area contributed by atoms with Gasteiger partial charge in [-0.3, -0.25) is 10.3 Å². The van der Waals surface area contributed by atoms with Crippen LogP contribution in [-0.4, -0.2) is 35.5 Å². The monoisotopic (exact) mass is 455 g/mol. The molecule has 2 atom stereocenters. The average Bonchev–Trinajstić information content (AvgIpc) is 2.78. The van der Waals surface area contributed by atoms with E-state index < -0.39 is 12.1 Å². The molecule has 7 nitrogen and oxygen atoms in total. The first-order valence-electron chi connectivity index (χ1n) is 11.4. The minimum Gasteiger partial charge on any atom is -0.507 e. The molecule has 0 spiro atoms. The Balaban J connectivity index is 2.17. The number of hydrogen-bond acceptors (Lipinski definition) is 7. The van der Waals surface area contributed by atoms with E-state index in [0.29, 0.717) is 36.3 Å². The smallest absolute Gasteiger partial charge is 0.342 e. The van der Waals surface area contributed by atoms with Gasteiger partial charge in [0.15, 0.2) is 0 Å². The van der Waals surface area contributed by atoms with E-state index in [1.54, 1.807) is 12.2 Å². The number of rotatable bonds is 5. The van der Waals surface area contributed by atoms with Gasteiger partial charge in [0.25, 0.3) is 0 Å². The molecule has 1 aromatic carbocycles. The summed E-state index contributed by atoms with van der Waals surface area (Å²) in [7, 11) is 0. The van der Waals surface area contributed by atoms with E-state index in [1.807, 2.05) is 31.2 Å². The molecule has 33 heavy (non-hydrogen) atoms. The Labute approximate surface area is 195 Å². The van der Waals surface area contributed by atoms with Gasteiger partial charge < -0.3 is 19.7 Å². The molecule has 7 heteroatoms. The zero-order valence-electron chi connectivity index (χ0n) is 19.1. The van der Waals surface area contributed by atoms with Gasteiger partial charge in [0.05, 0.1) is 18.4 Å². The normalized spacial score (nSPS) is 23.5. The number of phenols is 2. The van der Waals surface area contributed by atoms with Crippen molar-refractivity contribution in [2.24, 2.45) is 0 Å². The number of hydrogen-bond donors (Lipinski definition) is 3. The lowest BCUT2D eigenvalue weighted by atomic mass is 9.91. The van der Waals surface area contributed by atoms with Crippen molar-refractivity contribution in [1.29, 1.82) is 0 Å². The molecule has 0 saturated carbocycles. The first-order valence-corrected chi connectivity index (χ1v) is 11.4. The third-order valence-electron chi connectivity index (χ3n) is 5.50. The Morgan fingerprint density at radius 2 is 2.03 bits per heavy atom. The van der Waals surface area contributed by atoms with Crippen LogP contribution in [0.2, 0.25) is 0 Å². The standard InChI is InChI=1S/C26H33NO6/c1-3-14-32-27-19-12-8-6-4-5-7-11-18(2)33-26(30)25-20(16-19)24(21(28)17-22(25)29)23-13-9-10-15-31-23/h3,5,7-8,12,16-18,23,27-29H,1,4,6,9-11,13-15H2,2H3/b7-5?,12-8?,19-16-. The zero-order valence-corrected chi connectivity index (χ0v) is 19.1. The second-order valence-corrected chi connectivity index (χ2v) is 8.18. The number of ether oxygens (including phenoxy) is 2. The number of carbonyl (C=O) groups is 1. The van der Waals surface area contributed by atoms with Crippen molar-refractivity contribution in [3.63, 3.8) is 0 Å². The van der Waals surface area contributed by atoms with Crippen LogP contribution in [0.3, 0.4) is 0 Å². The number of benzene rings is 1. The lowest BCUT2D eigenvalue weighted by Crippen LogP contribution is -2.19. The number of aromatic hydroxyl groups is 2. The molecule has 3 N–H and O–H groups in total. The van der Waals surface area contributed by atoms with E-state index in [0.717, 1.165) is 25.7 Å². The van der Waals surface area contributed by atoms with Crippen LogP contribution >= 0.6 is 0 Å². The van der Waals surface area contributed by atoms with Crippen molar-refractivity contribution in [1.82, 2.24) is 5.48 Å². The lowest BCUT2D eigenvalue weighted by molar-refractivity contribution is 0.0133. The summed E-state index contributed by atoms with van der Waals surface area (Å²) in [6, 6.07) is 1.19. The summed E-state index contributed by atoms with van der Waals surface area (Å²) in [5.41, 5.74) is 4.20. The maximum absolute atomic E-state index is 13.2. The van der Waals surface area contributed by atoms with Crippen LogP contribution in [0.25, 0.3) is 6.08 Å². The van der Waals surface area contributed by atoms with Crippen molar-refractivity contribution in [3.05, 3.63) is 65.4 Å².